The fourth-order valence-electron chi connectivity index (χ4n) is 3.83. The summed E-state index contributed by atoms with van der Waals surface area (Å²) in [6.07, 6.45) is 4.84. The first-order valence-corrected chi connectivity index (χ1v) is 10.1. The summed E-state index contributed by atoms with van der Waals surface area (Å²) in [5, 5.41) is 17.7. The molecule has 2 aliphatic rings. The average molecular weight is 370 g/mol. The van der Waals surface area contributed by atoms with Gasteiger partial charge in [-0.25, -0.2) is 0 Å². The number of aromatic nitrogens is 5. The molecule has 0 bridgehead atoms. The van der Waals surface area contributed by atoms with Crippen molar-refractivity contribution >= 4 is 5.82 Å². The summed E-state index contributed by atoms with van der Waals surface area (Å²) in [7, 11) is 2.19. The molecule has 0 unspecified atom stereocenters. The van der Waals surface area contributed by atoms with E-state index in [0.29, 0.717) is 6.04 Å². The van der Waals surface area contributed by atoms with E-state index in [1.165, 1.54) is 25.1 Å². The Kier molecular flexibility index (Phi) is 4.88. The maximum atomic E-state index is 4.47. The van der Waals surface area contributed by atoms with Gasteiger partial charge in [0.15, 0.2) is 5.82 Å². The van der Waals surface area contributed by atoms with Gasteiger partial charge in [0.1, 0.15) is 11.6 Å². The molecule has 0 N–H and O–H groups in total. The van der Waals surface area contributed by atoms with Crippen LogP contribution in [0.3, 0.4) is 0 Å². The minimum Gasteiger partial charge on any atom is -0.352 e. The first kappa shape index (κ1) is 18.3. The number of aryl methyl sites for hydroxylation is 1. The van der Waals surface area contributed by atoms with E-state index in [9.17, 15) is 0 Å². The normalized spacial score (nSPS) is 18.3. The van der Waals surface area contributed by atoms with Gasteiger partial charge in [-0.3, -0.25) is 4.90 Å². The van der Waals surface area contributed by atoms with Crippen molar-refractivity contribution in [1.82, 2.24) is 29.9 Å². The number of anilines is 1. The summed E-state index contributed by atoms with van der Waals surface area (Å²) in [6, 6.07) is 4.72. The number of hydrogen-bond acceptors (Lipinski definition) is 6. The van der Waals surface area contributed by atoms with Crippen molar-refractivity contribution < 1.29 is 0 Å². The van der Waals surface area contributed by atoms with E-state index < -0.39 is 0 Å². The fourth-order valence-corrected chi connectivity index (χ4v) is 3.83. The van der Waals surface area contributed by atoms with Gasteiger partial charge in [-0.15, -0.1) is 15.3 Å². The average Bonchev–Trinajstić information content (AvgIpc) is 2.80. The molecule has 0 aliphatic carbocycles. The monoisotopic (exact) mass is 369 g/mol. The van der Waals surface area contributed by atoms with Crippen LogP contribution >= 0.6 is 0 Å². The van der Waals surface area contributed by atoms with Crippen molar-refractivity contribution in [1.29, 1.82) is 0 Å². The van der Waals surface area contributed by atoms with Gasteiger partial charge in [0.25, 0.3) is 0 Å². The summed E-state index contributed by atoms with van der Waals surface area (Å²) in [4.78, 5) is 4.70. The second-order valence-corrected chi connectivity index (χ2v) is 9.00. The fraction of sp³-hybridized carbons (Fsp3) is 0.700. The molecule has 0 spiro atoms. The molecule has 2 aromatic rings. The zero-order valence-corrected chi connectivity index (χ0v) is 17.0. The molecular weight excluding hydrogens is 338 g/mol. The Labute approximate surface area is 161 Å². The van der Waals surface area contributed by atoms with E-state index in [-0.39, 0.29) is 5.41 Å². The van der Waals surface area contributed by atoms with Gasteiger partial charge in [0, 0.05) is 37.5 Å². The van der Waals surface area contributed by atoms with Crippen molar-refractivity contribution in [2.24, 2.45) is 0 Å². The van der Waals surface area contributed by atoms with Crippen LogP contribution in [-0.4, -0.2) is 56.0 Å². The first-order chi connectivity index (χ1) is 12.9. The van der Waals surface area contributed by atoms with E-state index >= 15 is 0 Å². The SMILES string of the molecule is CN(Cc1nnc2n1CCCCC2)C1CN(c2ccc(C(C)(C)C)nn2)C1. The standard InChI is InChI=1S/C20H31N7/c1-20(2,3)16-9-10-17(22-21-16)26-12-15(13-26)25(4)14-19-24-23-18-8-6-5-7-11-27(18)19/h9-10,15H,5-8,11-14H2,1-4H3. The molecule has 4 heterocycles. The molecule has 1 fully saturated rings. The van der Waals surface area contributed by atoms with Gasteiger partial charge in [0.2, 0.25) is 0 Å². The number of nitrogens with zero attached hydrogens (tertiary/aromatic N) is 7. The van der Waals surface area contributed by atoms with E-state index in [1.54, 1.807) is 0 Å². The Morgan fingerprint density at radius 3 is 2.56 bits per heavy atom. The predicted molar refractivity (Wildman–Crippen MR) is 106 cm³/mol. The van der Waals surface area contributed by atoms with Crippen molar-refractivity contribution in [3.63, 3.8) is 0 Å². The molecule has 1 saturated heterocycles. The molecule has 7 heteroatoms. The summed E-state index contributed by atoms with van der Waals surface area (Å²) >= 11 is 0. The molecule has 7 nitrogen and oxygen atoms in total. The van der Waals surface area contributed by atoms with E-state index in [1.807, 2.05) is 0 Å². The Morgan fingerprint density at radius 2 is 1.85 bits per heavy atom. The maximum Gasteiger partial charge on any atom is 0.151 e. The lowest BCUT2D eigenvalue weighted by atomic mass is 9.92. The minimum atomic E-state index is 0.0412. The van der Waals surface area contributed by atoms with Crippen LogP contribution in [0.15, 0.2) is 12.1 Å². The third-order valence-electron chi connectivity index (χ3n) is 5.81. The zero-order chi connectivity index (χ0) is 19.0. The molecular formula is C20H31N7. The topological polar surface area (TPSA) is 63.0 Å². The van der Waals surface area contributed by atoms with Crippen molar-refractivity contribution in [3.8, 4) is 0 Å². The van der Waals surface area contributed by atoms with Crippen molar-refractivity contribution in [2.45, 2.75) is 71.0 Å². The van der Waals surface area contributed by atoms with E-state index in [2.05, 4.69) is 74.7 Å². The third-order valence-corrected chi connectivity index (χ3v) is 5.81. The zero-order valence-electron chi connectivity index (χ0n) is 17.0. The lowest BCUT2D eigenvalue weighted by molar-refractivity contribution is 0.189. The van der Waals surface area contributed by atoms with Crippen LogP contribution in [0.25, 0.3) is 0 Å². The molecule has 0 atom stereocenters. The summed E-state index contributed by atoms with van der Waals surface area (Å²) in [5.74, 6) is 3.26. The highest BCUT2D eigenvalue weighted by Crippen LogP contribution is 2.25. The Morgan fingerprint density at radius 1 is 1.04 bits per heavy atom. The molecule has 0 saturated carbocycles. The second kappa shape index (κ2) is 7.19. The lowest BCUT2D eigenvalue weighted by Gasteiger charge is -2.44. The van der Waals surface area contributed by atoms with Gasteiger partial charge < -0.3 is 9.47 Å². The quantitative estimate of drug-likeness (QED) is 0.825. The van der Waals surface area contributed by atoms with Crippen LogP contribution in [0.4, 0.5) is 5.82 Å². The van der Waals surface area contributed by atoms with Crippen LogP contribution in [0, 0.1) is 0 Å². The number of rotatable bonds is 4. The highest BCUT2D eigenvalue weighted by atomic mass is 15.4. The van der Waals surface area contributed by atoms with Gasteiger partial charge >= 0.3 is 0 Å². The van der Waals surface area contributed by atoms with Crippen LogP contribution in [0.1, 0.15) is 57.4 Å². The van der Waals surface area contributed by atoms with Crippen molar-refractivity contribution in [3.05, 3.63) is 29.5 Å². The van der Waals surface area contributed by atoms with Crippen LogP contribution < -0.4 is 4.90 Å². The Balaban J connectivity index is 1.34. The van der Waals surface area contributed by atoms with Gasteiger partial charge in [-0.1, -0.05) is 27.2 Å². The van der Waals surface area contributed by atoms with Crippen LogP contribution in [-0.2, 0) is 24.9 Å². The number of likely N-dealkylation sites (N-methyl/N-ethyl adjacent to an activating group) is 1. The van der Waals surface area contributed by atoms with Gasteiger partial charge in [-0.2, -0.15) is 5.10 Å². The van der Waals surface area contributed by atoms with E-state index in [4.69, 9.17) is 0 Å². The second-order valence-electron chi connectivity index (χ2n) is 9.00. The van der Waals surface area contributed by atoms with Crippen molar-refractivity contribution in [2.75, 3.05) is 25.0 Å². The largest absolute Gasteiger partial charge is 0.352 e. The molecule has 146 valence electrons. The van der Waals surface area contributed by atoms with Crippen LogP contribution in [0.5, 0.6) is 0 Å². The molecule has 4 rings (SSSR count). The predicted octanol–water partition coefficient (Wildman–Crippen LogP) is 2.41. The molecule has 0 amide bonds. The first-order valence-electron chi connectivity index (χ1n) is 10.1. The minimum absolute atomic E-state index is 0.0412. The third kappa shape index (κ3) is 3.83. The number of hydrogen-bond donors (Lipinski definition) is 0. The molecule has 2 aliphatic heterocycles. The van der Waals surface area contributed by atoms with E-state index in [0.717, 1.165) is 49.9 Å². The summed E-state index contributed by atoms with van der Waals surface area (Å²) < 4.78 is 2.34. The molecule has 27 heavy (non-hydrogen) atoms. The summed E-state index contributed by atoms with van der Waals surface area (Å²) in [6.45, 7) is 10.4. The maximum absolute atomic E-state index is 4.47. The Hall–Kier alpha value is -2.02. The smallest absolute Gasteiger partial charge is 0.151 e. The molecule has 2 aromatic heterocycles. The molecule has 0 radical (unpaired) electrons. The van der Waals surface area contributed by atoms with Gasteiger partial charge in [0.05, 0.1) is 12.2 Å². The highest BCUT2D eigenvalue weighted by Gasteiger charge is 2.32. The van der Waals surface area contributed by atoms with Gasteiger partial charge in [-0.05, 0) is 32.0 Å². The van der Waals surface area contributed by atoms with Crippen LogP contribution in [0.2, 0.25) is 0 Å². The lowest BCUT2D eigenvalue weighted by Crippen LogP contribution is -2.58. The highest BCUT2D eigenvalue weighted by molar-refractivity contribution is 5.42. The Bertz CT molecular complexity index is 769. The summed E-state index contributed by atoms with van der Waals surface area (Å²) in [5.41, 5.74) is 1.08. The number of fused-ring (bicyclic) bond motifs is 1. The molecule has 0 aromatic carbocycles.